The van der Waals surface area contributed by atoms with Gasteiger partial charge in [0, 0.05) is 19.6 Å². The molecule has 0 atom stereocenters. The molecule has 1 N–H and O–H groups in total. The molecule has 2 rings (SSSR count). The van der Waals surface area contributed by atoms with E-state index in [-0.39, 0.29) is 18.2 Å². The predicted molar refractivity (Wildman–Crippen MR) is 66.4 cm³/mol. The zero-order valence-electron chi connectivity index (χ0n) is 9.29. The lowest BCUT2D eigenvalue weighted by Gasteiger charge is -2.19. The standard InChI is InChI=1S/C12H17FN2.ClH/c13-12-4-2-11(3-5-12)10-15-8-1-6-14-7-9-15;/h2-5,14H,1,6-10H2;1H. The largest absolute Gasteiger partial charge is 0.315 e. The summed E-state index contributed by atoms with van der Waals surface area (Å²) in [6, 6.07) is 6.80. The van der Waals surface area contributed by atoms with Gasteiger partial charge in [0.25, 0.3) is 0 Å². The predicted octanol–water partition coefficient (Wildman–Crippen LogP) is 2.04. The van der Waals surface area contributed by atoms with E-state index < -0.39 is 0 Å². The van der Waals surface area contributed by atoms with Crippen LogP contribution >= 0.6 is 12.4 Å². The summed E-state index contributed by atoms with van der Waals surface area (Å²) in [5.74, 6) is -0.156. The van der Waals surface area contributed by atoms with Crippen LogP contribution in [0.5, 0.6) is 0 Å². The fourth-order valence-electron chi connectivity index (χ4n) is 1.91. The van der Waals surface area contributed by atoms with Crippen molar-refractivity contribution < 1.29 is 4.39 Å². The molecule has 4 heteroatoms. The molecule has 16 heavy (non-hydrogen) atoms. The second-order valence-corrected chi connectivity index (χ2v) is 4.01. The van der Waals surface area contributed by atoms with Crippen LogP contribution in [0.2, 0.25) is 0 Å². The average molecular weight is 245 g/mol. The number of nitrogens with one attached hydrogen (secondary N) is 1. The average Bonchev–Trinajstić information content (AvgIpc) is 2.50. The number of hydrogen-bond acceptors (Lipinski definition) is 2. The molecule has 0 amide bonds. The van der Waals surface area contributed by atoms with Crippen LogP contribution in [0.25, 0.3) is 0 Å². The van der Waals surface area contributed by atoms with Crippen molar-refractivity contribution >= 4 is 12.4 Å². The first kappa shape index (κ1) is 13.4. The third-order valence-corrected chi connectivity index (χ3v) is 2.75. The van der Waals surface area contributed by atoms with Crippen LogP contribution in [0.3, 0.4) is 0 Å². The molecule has 0 saturated carbocycles. The minimum absolute atomic E-state index is 0. The Morgan fingerprint density at radius 3 is 2.62 bits per heavy atom. The topological polar surface area (TPSA) is 15.3 Å². The summed E-state index contributed by atoms with van der Waals surface area (Å²) in [6.45, 7) is 5.31. The molecule has 1 aliphatic rings. The summed E-state index contributed by atoms with van der Waals surface area (Å²) in [7, 11) is 0. The van der Waals surface area contributed by atoms with E-state index in [1.54, 1.807) is 0 Å². The highest BCUT2D eigenvalue weighted by atomic mass is 35.5. The Bertz CT molecular complexity index is 294. The van der Waals surface area contributed by atoms with E-state index in [0.29, 0.717) is 0 Å². The van der Waals surface area contributed by atoms with E-state index in [9.17, 15) is 4.39 Å². The van der Waals surface area contributed by atoms with Crippen LogP contribution in [0.15, 0.2) is 24.3 Å². The lowest BCUT2D eigenvalue weighted by Crippen LogP contribution is -2.27. The van der Waals surface area contributed by atoms with Gasteiger partial charge in [0.2, 0.25) is 0 Å². The van der Waals surface area contributed by atoms with Crippen LogP contribution in [-0.4, -0.2) is 31.1 Å². The lowest BCUT2D eigenvalue weighted by atomic mass is 10.2. The molecule has 0 bridgehead atoms. The quantitative estimate of drug-likeness (QED) is 0.857. The second-order valence-electron chi connectivity index (χ2n) is 4.01. The highest BCUT2D eigenvalue weighted by molar-refractivity contribution is 5.85. The molecule has 1 fully saturated rings. The Labute approximate surface area is 102 Å². The summed E-state index contributed by atoms with van der Waals surface area (Å²) in [6.07, 6.45) is 1.20. The molecule has 1 heterocycles. The smallest absolute Gasteiger partial charge is 0.123 e. The Hall–Kier alpha value is -0.640. The van der Waals surface area contributed by atoms with Crippen molar-refractivity contribution in [1.29, 1.82) is 0 Å². The SMILES string of the molecule is Cl.Fc1ccc(CN2CCCNCC2)cc1. The fraction of sp³-hybridized carbons (Fsp3) is 0.500. The summed E-state index contributed by atoms with van der Waals surface area (Å²) >= 11 is 0. The number of nitrogens with zero attached hydrogens (tertiary/aromatic N) is 1. The number of halogens is 2. The molecule has 2 nitrogen and oxygen atoms in total. The van der Waals surface area contributed by atoms with E-state index in [1.807, 2.05) is 12.1 Å². The van der Waals surface area contributed by atoms with Gasteiger partial charge < -0.3 is 5.32 Å². The Morgan fingerprint density at radius 1 is 1.12 bits per heavy atom. The molecule has 1 aromatic carbocycles. The lowest BCUT2D eigenvalue weighted by molar-refractivity contribution is 0.284. The van der Waals surface area contributed by atoms with E-state index >= 15 is 0 Å². The van der Waals surface area contributed by atoms with Crippen molar-refractivity contribution in [3.63, 3.8) is 0 Å². The molecule has 0 aromatic heterocycles. The van der Waals surface area contributed by atoms with Gasteiger partial charge in [-0.1, -0.05) is 12.1 Å². The van der Waals surface area contributed by atoms with Crippen molar-refractivity contribution in [2.24, 2.45) is 0 Å². The van der Waals surface area contributed by atoms with E-state index in [0.717, 1.165) is 32.7 Å². The highest BCUT2D eigenvalue weighted by Crippen LogP contribution is 2.07. The van der Waals surface area contributed by atoms with Crippen molar-refractivity contribution in [2.45, 2.75) is 13.0 Å². The first-order valence-corrected chi connectivity index (χ1v) is 5.52. The van der Waals surface area contributed by atoms with Crippen LogP contribution in [0.1, 0.15) is 12.0 Å². The van der Waals surface area contributed by atoms with Gasteiger partial charge >= 0.3 is 0 Å². The molecule has 90 valence electrons. The minimum Gasteiger partial charge on any atom is -0.315 e. The maximum absolute atomic E-state index is 12.7. The van der Waals surface area contributed by atoms with Gasteiger partial charge in [-0.05, 0) is 37.2 Å². The molecule has 0 radical (unpaired) electrons. The second kappa shape index (κ2) is 6.84. The van der Waals surface area contributed by atoms with Crippen molar-refractivity contribution in [1.82, 2.24) is 10.2 Å². The Morgan fingerprint density at radius 2 is 1.88 bits per heavy atom. The van der Waals surface area contributed by atoms with Crippen LogP contribution in [0.4, 0.5) is 4.39 Å². The summed E-state index contributed by atoms with van der Waals surface area (Å²) in [5, 5.41) is 3.37. The molecule has 1 aromatic rings. The third kappa shape index (κ3) is 4.08. The number of hydrogen-bond donors (Lipinski definition) is 1. The summed E-state index contributed by atoms with van der Waals surface area (Å²) in [5.41, 5.74) is 1.19. The van der Waals surface area contributed by atoms with Crippen LogP contribution < -0.4 is 5.32 Å². The third-order valence-electron chi connectivity index (χ3n) is 2.75. The van der Waals surface area contributed by atoms with Gasteiger partial charge in [-0.3, -0.25) is 4.90 Å². The summed E-state index contributed by atoms with van der Waals surface area (Å²) < 4.78 is 12.7. The van der Waals surface area contributed by atoms with E-state index in [4.69, 9.17) is 0 Å². The molecular weight excluding hydrogens is 227 g/mol. The normalized spacial score (nSPS) is 17.6. The van der Waals surface area contributed by atoms with Crippen LogP contribution in [0, 0.1) is 5.82 Å². The van der Waals surface area contributed by atoms with Gasteiger partial charge in [0.05, 0.1) is 0 Å². The van der Waals surface area contributed by atoms with Gasteiger partial charge in [0.15, 0.2) is 0 Å². The zero-order valence-corrected chi connectivity index (χ0v) is 10.1. The van der Waals surface area contributed by atoms with Crippen molar-refractivity contribution in [3.05, 3.63) is 35.6 Å². The Balaban J connectivity index is 0.00000128. The number of benzene rings is 1. The zero-order chi connectivity index (χ0) is 10.5. The Kier molecular flexibility index (Phi) is 5.74. The first-order chi connectivity index (χ1) is 7.34. The van der Waals surface area contributed by atoms with Gasteiger partial charge in [0.1, 0.15) is 5.82 Å². The van der Waals surface area contributed by atoms with Crippen molar-refractivity contribution in [3.8, 4) is 0 Å². The van der Waals surface area contributed by atoms with Crippen molar-refractivity contribution in [2.75, 3.05) is 26.2 Å². The maximum atomic E-state index is 12.7. The van der Waals surface area contributed by atoms with Crippen LogP contribution in [-0.2, 0) is 6.54 Å². The van der Waals surface area contributed by atoms with E-state index in [2.05, 4.69) is 10.2 Å². The highest BCUT2D eigenvalue weighted by Gasteiger charge is 2.08. The molecule has 0 spiro atoms. The molecule has 0 unspecified atom stereocenters. The van der Waals surface area contributed by atoms with Gasteiger partial charge in [-0.2, -0.15) is 0 Å². The molecule has 1 aliphatic heterocycles. The minimum atomic E-state index is -0.156. The fourth-order valence-corrected chi connectivity index (χ4v) is 1.91. The first-order valence-electron chi connectivity index (χ1n) is 5.52. The van der Waals surface area contributed by atoms with Gasteiger partial charge in [-0.15, -0.1) is 12.4 Å². The van der Waals surface area contributed by atoms with E-state index in [1.165, 1.54) is 24.1 Å². The number of rotatable bonds is 2. The van der Waals surface area contributed by atoms with Gasteiger partial charge in [-0.25, -0.2) is 4.39 Å². The maximum Gasteiger partial charge on any atom is 0.123 e. The summed E-state index contributed by atoms with van der Waals surface area (Å²) in [4.78, 5) is 2.41. The molecule has 1 saturated heterocycles. The molecule has 0 aliphatic carbocycles. The molecular formula is C12H18ClFN2. The monoisotopic (exact) mass is 244 g/mol.